The fraction of sp³-hybridized carbons (Fsp3) is 0.286. The Morgan fingerprint density at radius 2 is 2.46 bits per heavy atom. The molecule has 0 spiro atoms. The van der Waals surface area contributed by atoms with E-state index in [-0.39, 0.29) is 6.03 Å². The van der Waals surface area contributed by atoms with E-state index in [9.17, 15) is 4.79 Å². The average molecular weight is 179 g/mol. The van der Waals surface area contributed by atoms with Crippen LogP contribution in [-0.2, 0) is 0 Å². The minimum Gasteiger partial charge on any atom is -0.331 e. The van der Waals surface area contributed by atoms with Crippen LogP contribution in [0.5, 0.6) is 0 Å². The summed E-state index contributed by atoms with van der Waals surface area (Å²) in [5.41, 5.74) is 0.315. The lowest BCUT2D eigenvalue weighted by atomic mass is 10.4. The number of aromatic amines is 1. The summed E-state index contributed by atoms with van der Waals surface area (Å²) in [6.07, 6.45) is 1.35. The summed E-state index contributed by atoms with van der Waals surface area (Å²) in [5.74, 6) is 0.321. The Morgan fingerprint density at radius 1 is 1.77 bits per heavy atom. The number of nitrogens with zero attached hydrogens (tertiary/aromatic N) is 3. The molecule has 68 valence electrons. The molecule has 0 aliphatic carbocycles. The highest BCUT2D eigenvalue weighted by molar-refractivity contribution is 5.89. The van der Waals surface area contributed by atoms with E-state index in [0.29, 0.717) is 11.4 Å². The highest BCUT2D eigenvalue weighted by atomic mass is 16.2. The molecule has 6 nitrogen and oxygen atoms in total. The summed E-state index contributed by atoms with van der Waals surface area (Å²) in [6.45, 7) is 0. The monoisotopic (exact) mass is 179 g/mol. The molecule has 0 saturated heterocycles. The van der Waals surface area contributed by atoms with Crippen LogP contribution in [-0.4, -0.2) is 35.2 Å². The highest BCUT2D eigenvalue weighted by Crippen LogP contribution is 2.08. The molecule has 0 radical (unpaired) electrons. The van der Waals surface area contributed by atoms with Crippen molar-refractivity contribution in [3.8, 4) is 6.07 Å². The number of anilines is 1. The Hall–Kier alpha value is -2.03. The average Bonchev–Trinajstić information content (AvgIpc) is 2.51. The van der Waals surface area contributed by atoms with Crippen molar-refractivity contribution in [3.63, 3.8) is 0 Å². The lowest BCUT2D eigenvalue weighted by molar-refractivity contribution is 0.230. The number of carbonyl (C=O) groups is 1. The molecule has 0 fully saturated rings. The van der Waals surface area contributed by atoms with Crippen LogP contribution in [0.1, 0.15) is 5.56 Å². The molecule has 0 aromatic carbocycles. The first-order chi connectivity index (χ1) is 6.15. The minimum atomic E-state index is -0.305. The molecule has 1 aromatic rings. The number of rotatable bonds is 1. The molecule has 13 heavy (non-hydrogen) atoms. The Labute approximate surface area is 75.2 Å². The van der Waals surface area contributed by atoms with Crippen molar-refractivity contribution in [1.82, 2.24) is 15.1 Å². The topological polar surface area (TPSA) is 84.8 Å². The third kappa shape index (κ3) is 1.96. The fourth-order valence-corrected chi connectivity index (χ4v) is 0.685. The first-order valence-electron chi connectivity index (χ1n) is 3.57. The second kappa shape index (κ2) is 3.58. The van der Waals surface area contributed by atoms with Gasteiger partial charge in [0, 0.05) is 14.1 Å². The molecule has 0 unspecified atom stereocenters. The van der Waals surface area contributed by atoms with Crippen LogP contribution in [0.3, 0.4) is 0 Å². The molecular formula is C7H9N5O. The summed E-state index contributed by atoms with van der Waals surface area (Å²) < 4.78 is 0. The number of hydrogen-bond acceptors (Lipinski definition) is 3. The summed E-state index contributed by atoms with van der Waals surface area (Å²) >= 11 is 0. The maximum atomic E-state index is 11.1. The molecule has 1 heterocycles. The number of H-pyrrole nitrogens is 1. The van der Waals surface area contributed by atoms with Gasteiger partial charge in [-0.1, -0.05) is 0 Å². The molecule has 0 aliphatic rings. The maximum absolute atomic E-state index is 11.1. The number of nitriles is 1. The molecule has 0 atom stereocenters. The quantitative estimate of drug-likeness (QED) is 0.653. The van der Waals surface area contributed by atoms with Crippen LogP contribution in [0.15, 0.2) is 6.20 Å². The van der Waals surface area contributed by atoms with E-state index in [4.69, 9.17) is 5.26 Å². The number of urea groups is 1. The number of aromatic nitrogens is 2. The standard InChI is InChI=1S/C7H9N5O/c1-12(2)7(13)10-6-5(3-8)4-9-11-6/h4H,1-2H3,(H2,9,10,11,13). The zero-order valence-corrected chi connectivity index (χ0v) is 7.33. The van der Waals surface area contributed by atoms with Crippen molar-refractivity contribution in [2.24, 2.45) is 0 Å². The van der Waals surface area contributed by atoms with Gasteiger partial charge < -0.3 is 4.90 Å². The molecule has 0 bridgehead atoms. The van der Waals surface area contributed by atoms with Crippen molar-refractivity contribution >= 4 is 11.8 Å². The zero-order chi connectivity index (χ0) is 9.84. The SMILES string of the molecule is CN(C)C(=O)Nc1[nH]ncc1C#N. The van der Waals surface area contributed by atoms with Gasteiger partial charge in [0.05, 0.1) is 6.20 Å². The number of amides is 2. The summed E-state index contributed by atoms with van der Waals surface area (Å²) in [7, 11) is 3.22. The van der Waals surface area contributed by atoms with E-state index < -0.39 is 0 Å². The first-order valence-corrected chi connectivity index (χ1v) is 3.57. The second-order valence-corrected chi connectivity index (χ2v) is 2.60. The van der Waals surface area contributed by atoms with Crippen molar-refractivity contribution in [1.29, 1.82) is 5.26 Å². The number of hydrogen-bond donors (Lipinski definition) is 2. The normalized spacial score (nSPS) is 9.00. The first kappa shape index (κ1) is 9.06. The Balaban J connectivity index is 2.76. The molecule has 2 N–H and O–H groups in total. The molecular weight excluding hydrogens is 170 g/mol. The minimum absolute atomic E-state index is 0.305. The van der Waals surface area contributed by atoms with Crippen LogP contribution < -0.4 is 5.32 Å². The Bertz CT molecular complexity index is 348. The number of nitrogens with one attached hydrogen (secondary N) is 2. The second-order valence-electron chi connectivity index (χ2n) is 2.60. The van der Waals surface area contributed by atoms with Crippen LogP contribution in [0.25, 0.3) is 0 Å². The van der Waals surface area contributed by atoms with E-state index >= 15 is 0 Å². The summed E-state index contributed by atoms with van der Waals surface area (Å²) in [6, 6.07) is 1.59. The smallest absolute Gasteiger partial charge is 0.322 e. The molecule has 0 saturated carbocycles. The van der Waals surface area contributed by atoms with Gasteiger partial charge in [0.2, 0.25) is 0 Å². The van der Waals surface area contributed by atoms with Gasteiger partial charge in [-0.25, -0.2) is 4.79 Å². The van der Waals surface area contributed by atoms with Gasteiger partial charge in [-0.15, -0.1) is 0 Å². The predicted molar refractivity (Wildman–Crippen MR) is 46.0 cm³/mol. The fourth-order valence-electron chi connectivity index (χ4n) is 0.685. The molecule has 1 aromatic heterocycles. The van der Waals surface area contributed by atoms with Crippen LogP contribution in [0.2, 0.25) is 0 Å². The third-order valence-electron chi connectivity index (χ3n) is 1.40. The van der Waals surface area contributed by atoms with Crippen molar-refractivity contribution < 1.29 is 4.79 Å². The lowest BCUT2D eigenvalue weighted by Gasteiger charge is -2.10. The van der Waals surface area contributed by atoms with Crippen molar-refractivity contribution in [2.75, 3.05) is 19.4 Å². The Kier molecular flexibility index (Phi) is 2.50. The largest absolute Gasteiger partial charge is 0.331 e. The molecule has 0 aliphatic heterocycles. The summed E-state index contributed by atoms with van der Waals surface area (Å²) in [5, 5.41) is 17.2. The van der Waals surface area contributed by atoms with Crippen LogP contribution in [0.4, 0.5) is 10.6 Å². The van der Waals surface area contributed by atoms with Crippen molar-refractivity contribution in [2.45, 2.75) is 0 Å². The van der Waals surface area contributed by atoms with Gasteiger partial charge in [-0.3, -0.25) is 10.4 Å². The van der Waals surface area contributed by atoms with Gasteiger partial charge in [0.1, 0.15) is 17.5 Å². The molecule has 2 amide bonds. The van der Waals surface area contributed by atoms with Gasteiger partial charge in [-0.05, 0) is 0 Å². The molecule has 6 heteroatoms. The van der Waals surface area contributed by atoms with Gasteiger partial charge in [-0.2, -0.15) is 10.4 Å². The van der Waals surface area contributed by atoms with Crippen LogP contribution >= 0.6 is 0 Å². The van der Waals surface area contributed by atoms with Crippen molar-refractivity contribution in [3.05, 3.63) is 11.8 Å². The highest BCUT2D eigenvalue weighted by Gasteiger charge is 2.08. The number of carbonyl (C=O) groups excluding carboxylic acids is 1. The van der Waals surface area contributed by atoms with E-state index in [1.54, 1.807) is 14.1 Å². The third-order valence-corrected chi connectivity index (χ3v) is 1.40. The predicted octanol–water partition coefficient (Wildman–Crippen LogP) is 0.375. The van der Waals surface area contributed by atoms with Gasteiger partial charge >= 0.3 is 6.03 Å². The summed E-state index contributed by atoms with van der Waals surface area (Å²) in [4.78, 5) is 12.5. The van der Waals surface area contributed by atoms with E-state index in [1.807, 2.05) is 6.07 Å². The van der Waals surface area contributed by atoms with E-state index in [1.165, 1.54) is 11.1 Å². The lowest BCUT2D eigenvalue weighted by Crippen LogP contribution is -2.27. The van der Waals surface area contributed by atoms with Gasteiger partial charge in [0.25, 0.3) is 0 Å². The molecule has 1 rings (SSSR count). The Morgan fingerprint density at radius 3 is 3.00 bits per heavy atom. The van der Waals surface area contributed by atoms with Crippen LogP contribution in [0, 0.1) is 11.3 Å². The zero-order valence-electron chi connectivity index (χ0n) is 7.33. The van der Waals surface area contributed by atoms with E-state index in [0.717, 1.165) is 0 Å². The van der Waals surface area contributed by atoms with E-state index in [2.05, 4.69) is 15.5 Å². The van der Waals surface area contributed by atoms with Gasteiger partial charge in [0.15, 0.2) is 0 Å². The maximum Gasteiger partial charge on any atom is 0.322 e.